The van der Waals surface area contributed by atoms with E-state index in [1.807, 2.05) is 0 Å². The Morgan fingerprint density at radius 1 is 1.56 bits per heavy atom. The second-order valence-electron chi connectivity index (χ2n) is 3.13. The van der Waals surface area contributed by atoms with Crippen LogP contribution in [0.1, 0.15) is 10.5 Å². The Kier molecular flexibility index (Phi) is 2.28. The van der Waals surface area contributed by atoms with E-state index in [0.717, 1.165) is 0 Å². The molecule has 2 aromatic rings. The largest absolute Gasteiger partial charge is 0.477 e. The Labute approximate surface area is 89.4 Å². The molecule has 0 aliphatic rings. The standard InChI is InChI=1S/C9H8N4O3/c1-13-7(2-3-10-13)5-4-6(8(14)15)12-9(16)11-5/h2-4H,1H3,(H,14,15)(H,11,12,16). The van der Waals surface area contributed by atoms with E-state index in [1.165, 1.54) is 10.7 Å². The number of nitrogens with one attached hydrogen (secondary N) is 1. The lowest BCUT2D eigenvalue weighted by molar-refractivity contribution is 0.0690. The van der Waals surface area contributed by atoms with Crippen molar-refractivity contribution < 1.29 is 9.90 Å². The summed E-state index contributed by atoms with van der Waals surface area (Å²) in [5.41, 5.74) is -0.0398. The highest BCUT2D eigenvalue weighted by Gasteiger charge is 2.10. The number of hydrogen-bond donors (Lipinski definition) is 2. The van der Waals surface area contributed by atoms with Crippen molar-refractivity contribution in [3.63, 3.8) is 0 Å². The predicted octanol–water partition coefficient (Wildman–Crippen LogP) is -0.131. The second kappa shape index (κ2) is 3.61. The number of aromatic carboxylic acids is 1. The van der Waals surface area contributed by atoms with Gasteiger partial charge in [-0.05, 0) is 12.1 Å². The molecule has 82 valence electrons. The van der Waals surface area contributed by atoms with Crippen molar-refractivity contribution in [2.45, 2.75) is 0 Å². The molecule has 16 heavy (non-hydrogen) atoms. The summed E-state index contributed by atoms with van der Waals surface area (Å²) in [5, 5.41) is 12.7. The first-order chi connectivity index (χ1) is 7.58. The van der Waals surface area contributed by atoms with Crippen LogP contribution in [-0.2, 0) is 7.05 Å². The molecule has 0 aliphatic heterocycles. The van der Waals surface area contributed by atoms with E-state index in [9.17, 15) is 9.59 Å². The van der Waals surface area contributed by atoms with Crippen molar-refractivity contribution >= 4 is 5.97 Å². The maximum atomic E-state index is 11.2. The molecule has 2 rings (SSSR count). The number of hydrogen-bond acceptors (Lipinski definition) is 4. The summed E-state index contributed by atoms with van der Waals surface area (Å²) in [7, 11) is 1.68. The number of nitrogens with zero attached hydrogens (tertiary/aromatic N) is 3. The van der Waals surface area contributed by atoms with Gasteiger partial charge < -0.3 is 5.11 Å². The zero-order chi connectivity index (χ0) is 11.7. The molecule has 7 nitrogen and oxygen atoms in total. The minimum atomic E-state index is -1.21. The minimum Gasteiger partial charge on any atom is -0.477 e. The molecule has 0 atom stereocenters. The summed E-state index contributed by atoms with van der Waals surface area (Å²) < 4.78 is 1.51. The molecule has 0 aromatic carbocycles. The molecule has 2 aromatic heterocycles. The fourth-order valence-electron chi connectivity index (χ4n) is 1.33. The van der Waals surface area contributed by atoms with Crippen LogP contribution >= 0.6 is 0 Å². The maximum absolute atomic E-state index is 11.2. The molecule has 2 N–H and O–H groups in total. The molecule has 0 spiro atoms. The second-order valence-corrected chi connectivity index (χ2v) is 3.13. The molecule has 0 amide bonds. The van der Waals surface area contributed by atoms with Crippen LogP contribution in [0.2, 0.25) is 0 Å². The van der Waals surface area contributed by atoms with Crippen molar-refractivity contribution in [2.75, 3.05) is 0 Å². The van der Waals surface area contributed by atoms with E-state index >= 15 is 0 Å². The van der Waals surface area contributed by atoms with Crippen LogP contribution in [0, 0.1) is 0 Å². The van der Waals surface area contributed by atoms with E-state index in [1.54, 1.807) is 19.3 Å². The fourth-order valence-corrected chi connectivity index (χ4v) is 1.33. The number of rotatable bonds is 2. The average Bonchev–Trinajstić information content (AvgIpc) is 2.63. The van der Waals surface area contributed by atoms with Gasteiger partial charge in [-0.3, -0.25) is 9.67 Å². The van der Waals surface area contributed by atoms with Crippen LogP contribution in [0.4, 0.5) is 0 Å². The summed E-state index contributed by atoms with van der Waals surface area (Å²) in [5.74, 6) is -1.21. The van der Waals surface area contributed by atoms with E-state index in [2.05, 4.69) is 15.1 Å². The molecule has 7 heteroatoms. The molecule has 0 saturated carbocycles. The minimum absolute atomic E-state index is 0.198. The van der Waals surface area contributed by atoms with Gasteiger partial charge in [0.1, 0.15) is 5.69 Å². The van der Waals surface area contributed by atoms with E-state index < -0.39 is 11.7 Å². The number of aromatic nitrogens is 4. The first-order valence-electron chi connectivity index (χ1n) is 4.41. The monoisotopic (exact) mass is 220 g/mol. The van der Waals surface area contributed by atoms with Crippen LogP contribution in [-0.4, -0.2) is 30.8 Å². The van der Waals surface area contributed by atoms with E-state index in [4.69, 9.17) is 5.11 Å². The van der Waals surface area contributed by atoms with Gasteiger partial charge in [0.25, 0.3) is 0 Å². The maximum Gasteiger partial charge on any atom is 0.352 e. The van der Waals surface area contributed by atoms with Gasteiger partial charge in [-0.15, -0.1) is 0 Å². The molecular formula is C9H8N4O3. The highest BCUT2D eigenvalue weighted by molar-refractivity contribution is 5.86. The number of aryl methyl sites for hydroxylation is 1. The predicted molar refractivity (Wildman–Crippen MR) is 54.0 cm³/mol. The van der Waals surface area contributed by atoms with Crippen LogP contribution in [0.5, 0.6) is 0 Å². The topological polar surface area (TPSA) is 101 Å². The normalized spacial score (nSPS) is 10.3. The van der Waals surface area contributed by atoms with Crippen LogP contribution in [0.15, 0.2) is 23.1 Å². The quantitative estimate of drug-likeness (QED) is 0.734. The third-order valence-electron chi connectivity index (χ3n) is 2.06. The molecule has 0 fully saturated rings. The number of H-pyrrole nitrogens is 1. The van der Waals surface area contributed by atoms with Crippen LogP contribution in [0.25, 0.3) is 11.4 Å². The Hall–Kier alpha value is -2.44. The first kappa shape index (κ1) is 10.1. The fraction of sp³-hybridized carbons (Fsp3) is 0.111. The van der Waals surface area contributed by atoms with Gasteiger partial charge in [-0.1, -0.05) is 0 Å². The lowest BCUT2D eigenvalue weighted by atomic mass is 10.2. The van der Waals surface area contributed by atoms with Crippen molar-refractivity contribution in [1.82, 2.24) is 19.7 Å². The van der Waals surface area contributed by atoms with Crippen molar-refractivity contribution in [3.8, 4) is 11.4 Å². The summed E-state index contributed by atoms with van der Waals surface area (Å²) >= 11 is 0. The van der Waals surface area contributed by atoms with Crippen LogP contribution in [0.3, 0.4) is 0 Å². The molecule has 0 unspecified atom stereocenters. The SMILES string of the molecule is Cn1nccc1-c1cc(C(=O)O)[nH]c(=O)n1. The average molecular weight is 220 g/mol. The number of aromatic amines is 1. The molecule has 2 heterocycles. The van der Waals surface area contributed by atoms with E-state index in [-0.39, 0.29) is 11.4 Å². The van der Waals surface area contributed by atoms with Gasteiger partial charge in [-0.2, -0.15) is 10.1 Å². The smallest absolute Gasteiger partial charge is 0.352 e. The zero-order valence-corrected chi connectivity index (χ0v) is 8.34. The molecular weight excluding hydrogens is 212 g/mol. The lowest BCUT2D eigenvalue weighted by Crippen LogP contribution is -2.17. The number of carbonyl (C=O) groups is 1. The summed E-state index contributed by atoms with van der Waals surface area (Å²) in [6, 6.07) is 2.94. The van der Waals surface area contributed by atoms with Gasteiger partial charge in [-0.25, -0.2) is 9.59 Å². The third-order valence-corrected chi connectivity index (χ3v) is 2.06. The summed E-state index contributed by atoms with van der Waals surface area (Å²) in [4.78, 5) is 27.7. The Morgan fingerprint density at radius 3 is 2.88 bits per heavy atom. The molecule has 0 bridgehead atoms. The van der Waals surface area contributed by atoms with Crippen molar-refractivity contribution in [1.29, 1.82) is 0 Å². The third kappa shape index (κ3) is 1.70. The van der Waals surface area contributed by atoms with Crippen LogP contribution < -0.4 is 5.69 Å². The Balaban J connectivity index is 2.63. The van der Waals surface area contributed by atoms with Gasteiger partial charge in [0.05, 0.1) is 11.4 Å². The highest BCUT2D eigenvalue weighted by atomic mass is 16.4. The van der Waals surface area contributed by atoms with Crippen molar-refractivity contribution in [3.05, 3.63) is 34.5 Å². The summed E-state index contributed by atoms with van der Waals surface area (Å²) in [6.07, 6.45) is 1.54. The number of carboxylic acids is 1. The van der Waals surface area contributed by atoms with Gasteiger partial charge >= 0.3 is 11.7 Å². The molecule has 0 aliphatic carbocycles. The van der Waals surface area contributed by atoms with Gasteiger partial charge in [0.15, 0.2) is 0 Å². The zero-order valence-electron chi connectivity index (χ0n) is 8.34. The Morgan fingerprint density at radius 2 is 2.31 bits per heavy atom. The lowest BCUT2D eigenvalue weighted by Gasteiger charge is -2.01. The summed E-state index contributed by atoms with van der Waals surface area (Å²) in [6.45, 7) is 0. The van der Waals surface area contributed by atoms with Crippen molar-refractivity contribution in [2.24, 2.45) is 7.05 Å². The highest BCUT2D eigenvalue weighted by Crippen LogP contribution is 2.14. The molecule has 0 saturated heterocycles. The van der Waals surface area contributed by atoms with Gasteiger partial charge in [0, 0.05) is 13.2 Å². The van der Waals surface area contributed by atoms with E-state index in [0.29, 0.717) is 5.69 Å². The number of carboxylic acid groups (broad SMARTS) is 1. The first-order valence-corrected chi connectivity index (χ1v) is 4.41. The molecule has 0 radical (unpaired) electrons. The van der Waals surface area contributed by atoms with Gasteiger partial charge in [0.2, 0.25) is 0 Å². The Bertz CT molecular complexity index is 599.